The Bertz CT molecular complexity index is 1120. The topological polar surface area (TPSA) is 57.8 Å². The van der Waals surface area contributed by atoms with Crippen LogP contribution in [0, 0.1) is 0 Å². The Hall–Kier alpha value is -3.40. The minimum Gasteiger partial charge on any atom is -0.346 e. The van der Waals surface area contributed by atoms with Crippen LogP contribution in [-0.2, 0) is 5.41 Å². The van der Waals surface area contributed by atoms with E-state index >= 15 is 0 Å². The molecule has 28 heavy (non-hydrogen) atoms. The molecule has 2 heterocycles. The number of hydrogen-bond acceptors (Lipinski definition) is 2. The maximum atomic E-state index is 12.5. The fourth-order valence-corrected chi connectivity index (χ4v) is 3.27. The van der Waals surface area contributed by atoms with E-state index in [2.05, 4.69) is 36.1 Å². The van der Waals surface area contributed by atoms with E-state index in [4.69, 9.17) is 0 Å². The molecule has 0 aliphatic carbocycles. The van der Waals surface area contributed by atoms with Crippen LogP contribution in [0.3, 0.4) is 0 Å². The van der Waals surface area contributed by atoms with Gasteiger partial charge in [-0.25, -0.2) is 4.98 Å². The highest BCUT2D eigenvalue weighted by atomic mass is 16.1. The number of H-pyrrole nitrogens is 1. The summed E-state index contributed by atoms with van der Waals surface area (Å²) in [6.07, 6.45) is 3.69. The van der Waals surface area contributed by atoms with Crippen LogP contribution in [0.15, 0.2) is 73.1 Å². The van der Waals surface area contributed by atoms with E-state index in [1.54, 1.807) is 6.20 Å². The van der Waals surface area contributed by atoms with Crippen LogP contribution in [-0.4, -0.2) is 15.9 Å². The van der Waals surface area contributed by atoms with Gasteiger partial charge in [-0.1, -0.05) is 45.0 Å². The zero-order valence-corrected chi connectivity index (χ0v) is 16.3. The third-order valence-corrected chi connectivity index (χ3v) is 4.93. The second kappa shape index (κ2) is 6.97. The molecule has 4 nitrogen and oxygen atoms in total. The first kappa shape index (κ1) is 18.0. The van der Waals surface area contributed by atoms with Gasteiger partial charge in [-0.15, -0.1) is 0 Å². The van der Waals surface area contributed by atoms with Crippen molar-refractivity contribution in [3.05, 3.63) is 84.2 Å². The summed E-state index contributed by atoms with van der Waals surface area (Å²) in [4.78, 5) is 20.0. The van der Waals surface area contributed by atoms with Crippen LogP contribution in [0.1, 0.15) is 36.7 Å². The van der Waals surface area contributed by atoms with Gasteiger partial charge < -0.3 is 10.3 Å². The summed E-state index contributed by atoms with van der Waals surface area (Å²) in [7, 11) is 0. The molecule has 0 aliphatic rings. The van der Waals surface area contributed by atoms with Crippen molar-refractivity contribution in [2.24, 2.45) is 0 Å². The van der Waals surface area contributed by atoms with Crippen molar-refractivity contribution in [1.29, 1.82) is 0 Å². The number of aromatic amines is 1. The number of aromatic nitrogens is 2. The van der Waals surface area contributed by atoms with Crippen molar-refractivity contribution in [2.75, 3.05) is 5.32 Å². The van der Waals surface area contributed by atoms with E-state index in [1.807, 2.05) is 66.9 Å². The molecule has 2 aromatic carbocycles. The van der Waals surface area contributed by atoms with Crippen LogP contribution in [0.25, 0.3) is 22.2 Å². The van der Waals surface area contributed by atoms with Crippen molar-refractivity contribution in [1.82, 2.24) is 9.97 Å². The summed E-state index contributed by atoms with van der Waals surface area (Å²) in [5.74, 6) is -0.106. The molecule has 0 fully saturated rings. The van der Waals surface area contributed by atoms with Crippen LogP contribution in [0.4, 0.5) is 5.69 Å². The van der Waals surface area contributed by atoms with Gasteiger partial charge in [0.05, 0.1) is 0 Å². The molecule has 4 aromatic rings. The molecule has 0 radical (unpaired) electrons. The molecule has 0 unspecified atom stereocenters. The molecule has 4 heteroatoms. The summed E-state index contributed by atoms with van der Waals surface area (Å²) in [6.45, 7) is 6.48. The summed E-state index contributed by atoms with van der Waals surface area (Å²) in [5, 5.41) is 4.05. The fourth-order valence-electron chi connectivity index (χ4n) is 3.27. The molecule has 0 aliphatic heterocycles. The van der Waals surface area contributed by atoms with Gasteiger partial charge in [0.2, 0.25) is 0 Å². The average Bonchev–Trinajstić information content (AvgIpc) is 3.17. The predicted molar refractivity (Wildman–Crippen MR) is 115 cm³/mol. The van der Waals surface area contributed by atoms with Crippen LogP contribution >= 0.6 is 0 Å². The monoisotopic (exact) mass is 369 g/mol. The maximum Gasteiger partial charge on any atom is 0.255 e. The highest BCUT2D eigenvalue weighted by Gasteiger charge is 2.14. The number of anilines is 1. The Kier molecular flexibility index (Phi) is 4.47. The van der Waals surface area contributed by atoms with E-state index in [0.717, 1.165) is 27.8 Å². The fraction of sp³-hybridized carbons (Fsp3) is 0.167. The van der Waals surface area contributed by atoms with Gasteiger partial charge in [0.1, 0.15) is 5.65 Å². The Balaban J connectivity index is 1.52. The SMILES string of the molecule is CC(C)(C)c1ccc(C(=O)Nc2ccc(-c3ccnc4[nH]ccc34)cc2)cc1. The minimum atomic E-state index is -0.106. The second-order valence-corrected chi connectivity index (χ2v) is 7.96. The molecule has 2 N–H and O–H groups in total. The summed E-state index contributed by atoms with van der Waals surface area (Å²) >= 11 is 0. The summed E-state index contributed by atoms with van der Waals surface area (Å²) in [6, 6.07) is 19.7. The third kappa shape index (κ3) is 3.54. The first-order chi connectivity index (χ1) is 13.4. The van der Waals surface area contributed by atoms with E-state index in [0.29, 0.717) is 5.56 Å². The van der Waals surface area contributed by atoms with Gasteiger partial charge in [-0.3, -0.25) is 4.79 Å². The number of rotatable bonds is 3. The van der Waals surface area contributed by atoms with Gasteiger partial charge in [0.25, 0.3) is 5.91 Å². The van der Waals surface area contributed by atoms with Crippen molar-refractivity contribution in [2.45, 2.75) is 26.2 Å². The number of fused-ring (bicyclic) bond motifs is 1. The largest absolute Gasteiger partial charge is 0.346 e. The summed E-state index contributed by atoms with van der Waals surface area (Å²) < 4.78 is 0. The summed E-state index contributed by atoms with van der Waals surface area (Å²) in [5.41, 5.74) is 5.77. The molecule has 0 saturated heterocycles. The van der Waals surface area contributed by atoms with Gasteiger partial charge in [0, 0.05) is 29.0 Å². The highest BCUT2D eigenvalue weighted by Crippen LogP contribution is 2.28. The highest BCUT2D eigenvalue weighted by molar-refractivity contribution is 6.04. The molecule has 2 aromatic heterocycles. The Morgan fingerprint density at radius 2 is 1.64 bits per heavy atom. The van der Waals surface area contributed by atoms with Crippen LogP contribution < -0.4 is 5.32 Å². The smallest absolute Gasteiger partial charge is 0.255 e. The van der Waals surface area contributed by atoms with E-state index in [1.165, 1.54) is 5.56 Å². The molecule has 1 amide bonds. The molecule has 0 atom stereocenters. The standard InChI is InChI=1S/C24H23N3O/c1-24(2,3)18-8-4-17(5-9-18)23(28)27-19-10-6-16(7-11-19)20-12-14-25-22-21(20)13-15-26-22/h4-15H,1-3H3,(H,25,26)(H,27,28). The number of pyridine rings is 1. The molecule has 4 rings (SSSR count). The number of hydrogen-bond donors (Lipinski definition) is 2. The first-order valence-electron chi connectivity index (χ1n) is 9.36. The lowest BCUT2D eigenvalue weighted by Crippen LogP contribution is -2.14. The Morgan fingerprint density at radius 3 is 2.32 bits per heavy atom. The molecular weight excluding hydrogens is 346 g/mol. The number of carbonyl (C=O) groups is 1. The quantitative estimate of drug-likeness (QED) is 0.481. The molecular formula is C24H23N3O. The third-order valence-electron chi connectivity index (χ3n) is 4.93. The van der Waals surface area contributed by atoms with E-state index < -0.39 is 0 Å². The van der Waals surface area contributed by atoms with Crippen molar-refractivity contribution in [3.8, 4) is 11.1 Å². The number of nitrogens with zero attached hydrogens (tertiary/aromatic N) is 1. The lowest BCUT2D eigenvalue weighted by Gasteiger charge is -2.19. The first-order valence-corrected chi connectivity index (χ1v) is 9.36. The van der Waals surface area contributed by atoms with E-state index in [9.17, 15) is 4.79 Å². The maximum absolute atomic E-state index is 12.5. The molecule has 0 spiro atoms. The zero-order chi connectivity index (χ0) is 19.7. The number of nitrogens with one attached hydrogen (secondary N) is 2. The van der Waals surface area contributed by atoms with Gasteiger partial charge in [-0.05, 0) is 58.5 Å². The van der Waals surface area contributed by atoms with Gasteiger partial charge in [0.15, 0.2) is 0 Å². The van der Waals surface area contributed by atoms with Crippen molar-refractivity contribution >= 4 is 22.6 Å². The zero-order valence-electron chi connectivity index (χ0n) is 16.3. The average molecular weight is 369 g/mol. The van der Waals surface area contributed by atoms with Gasteiger partial charge >= 0.3 is 0 Å². The number of carbonyl (C=O) groups excluding carboxylic acids is 1. The molecule has 0 saturated carbocycles. The lowest BCUT2D eigenvalue weighted by molar-refractivity contribution is 0.102. The van der Waals surface area contributed by atoms with Crippen molar-refractivity contribution < 1.29 is 4.79 Å². The normalized spacial score (nSPS) is 11.5. The number of amides is 1. The van der Waals surface area contributed by atoms with E-state index in [-0.39, 0.29) is 11.3 Å². The second-order valence-electron chi connectivity index (χ2n) is 7.96. The molecule has 0 bridgehead atoms. The Labute approximate surface area is 164 Å². The van der Waals surface area contributed by atoms with Crippen LogP contribution in [0.5, 0.6) is 0 Å². The predicted octanol–water partition coefficient (Wildman–Crippen LogP) is 5.78. The van der Waals surface area contributed by atoms with Crippen LogP contribution in [0.2, 0.25) is 0 Å². The number of benzene rings is 2. The minimum absolute atomic E-state index is 0.0721. The van der Waals surface area contributed by atoms with Crippen molar-refractivity contribution in [3.63, 3.8) is 0 Å². The molecule has 140 valence electrons. The lowest BCUT2D eigenvalue weighted by atomic mass is 9.87. The van der Waals surface area contributed by atoms with Gasteiger partial charge in [-0.2, -0.15) is 0 Å². The Morgan fingerprint density at radius 1 is 0.929 bits per heavy atom.